The normalized spacial score (nSPS) is 23.9. The van der Waals surface area contributed by atoms with Crippen LogP contribution >= 0.6 is 23.5 Å². The zero-order valence-electron chi connectivity index (χ0n) is 19.1. The van der Waals surface area contributed by atoms with E-state index in [1.54, 1.807) is 0 Å². The summed E-state index contributed by atoms with van der Waals surface area (Å²) in [4.78, 5) is 2.84. The van der Waals surface area contributed by atoms with Crippen molar-refractivity contribution in [2.24, 2.45) is 0 Å². The molecule has 1 N–H and O–H groups in total. The first-order valence-electron chi connectivity index (χ1n) is 10.3. The van der Waals surface area contributed by atoms with Gasteiger partial charge in [0.1, 0.15) is 0 Å². The van der Waals surface area contributed by atoms with Crippen molar-refractivity contribution < 1.29 is 45.6 Å². The van der Waals surface area contributed by atoms with Crippen molar-refractivity contribution in [2.45, 2.75) is 69.4 Å². The van der Waals surface area contributed by atoms with Crippen LogP contribution in [-0.4, -0.2) is 29.0 Å². The minimum atomic E-state index is -5.84. The fourth-order valence-electron chi connectivity index (χ4n) is 2.98. The summed E-state index contributed by atoms with van der Waals surface area (Å²) >= 11 is 3.88. The zero-order chi connectivity index (χ0) is 24.4. The van der Waals surface area contributed by atoms with E-state index in [9.17, 15) is 13.2 Å². The van der Waals surface area contributed by atoms with E-state index in [1.807, 2.05) is 23.5 Å². The van der Waals surface area contributed by atoms with Gasteiger partial charge in [-0.15, -0.1) is 23.5 Å². The van der Waals surface area contributed by atoms with Gasteiger partial charge in [-0.2, -0.15) is 21.6 Å². The van der Waals surface area contributed by atoms with Crippen LogP contribution in [0.25, 0.3) is 0 Å². The number of halogens is 3. The molecule has 187 valence electrons. The first kappa shape index (κ1) is 33.0. The predicted molar refractivity (Wildman–Crippen MR) is 131 cm³/mol. The maximum Gasteiger partial charge on any atom is 2.00 e. The van der Waals surface area contributed by atoms with Gasteiger partial charge in [0.25, 0.3) is 0 Å². The monoisotopic (exact) mass is 611 g/mol. The maximum absolute atomic E-state index is 10.7. The van der Waals surface area contributed by atoms with Gasteiger partial charge in [0, 0.05) is 10.5 Å². The SMILES string of the molecule is CC1=CC(C2=CC(C)SC(C)=C2)=CC(C)S1.O=S(=O)(O)C(F)(F)F.[CH]1[CH]CC[CH][CH]CC1.[Rh+2]. The summed E-state index contributed by atoms with van der Waals surface area (Å²) in [6.07, 6.45) is 23.4. The number of allylic oxidation sites excluding steroid dienone is 6. The molecule has 3 rings (SSSR count). The van der Waals surface area contributed by atoms with Gasteiger partial charge in [-0.25, -0.2) is 0 Å². The summed E-state index contributed by atoms with van der Waals surface area (Å²) in [6.45, 7) is 8.93. The van der Waals surface area contributed by atoms with Gasteiger partial charge in [0.2, 0.25) is 0 Å². The molecule has 2 heterocycles. The second-order valence-corrected chi connectivity index (χ2v) is 12.1. The Kier molecular flexibility index (Phi) is 15.9. The third-order valence-corrected chi connectivity index (χ3v) is 6.83. The molecule has 0 amide bonds. The molecule has 2 atom stereocenters. The molecule has 2 unspecified atom stereocenters. The van der Waals surface area contributed by atoms with Crippen LogP contribution < -0.4 is 0 Å². The topological polar surface area (TPSA) is 54.4 Å². The standard InChI is InChI=1S/C14H18S2.C8H12.CHF3O3S.Rh/c1-9-5-13(6-10(2)15-9)14-7-11(3)16-12(4)8-14;1-2-4-6-8-7-5-3-1;2-1(3,4)8(5,6)7;/h5-9,11H,1-4H3;1-2,7-8H,3-6H2;(H,5,6,7);/q;;;+2. The number of alkyl halides is 3. The van der Waals surface area contributed by atoms with Gasteiger partial charge < -0.3 is 0 Å². The van der Waals surface area contributed by atoms with Crippen LogP contribution in [-0.2, 0) is 29.6 Å². The Morgan fingerprint density at radius 3 is 1.30 bits per heavy atom. The zero-order valence-corrected chi connectivity index (χ0v) is 23.1. The van der Waals surface area contributed by atoms with Gasteiger partial charge in [-0.3, -0.25) is 4.55 Å². The Bertz CT molecular complexity index is 768. The minimum Gasteiger partial charge on any atom is -0.279 e. The summed E-state index contributed by atoms with van der Waals surface area (Å²) in [7, 11) is -5.84. The minimum absolute atomic E-state index is 0. The fraction of sp³-hybridized carbons (Fsp3) is 0.478. The molecule has 3 aliphatic rings. The van der Waals surface area contributed by atoms with Crippen molar-refractivity contribution >= 4 is 33.6 Å². The summed E-state index contributed by atoms with van der Waals surface area (Å²) in [5.74, 6) is 0. The molecule has 0 saturated heterocycles. The maximum atomic E-state index is 10.7. The molecule has 0 aromatic carbocycles. The van der Waals surface area contributed by atoms with Crippen LogP contribution in [0, 0.1) is 25.7 Å². The predicted octanol–water partition coefficient (Wildman–Crippen LogP) is 7.69. The largest absolute Gasteiger partial charge is 2.00 e. The summed E-state index contributed by atoms with van der Waals surface area (Å²) in [6, 6.07) is 0. The average molecular weight is 612 g/mol. The van der Waals surface area contributed by atoms with Crippen LogP contribution in [0.3, 0.4) is 0 Å². The van der Waals surface area contributed by atoms with Gasteiger partial charge in [-0.05, 0) is 112 Å². The van der Waals surface area contributed by atoms with Gasteiger partial charge in [0.05, 0.1) is 0 Å². The van der Waals surface area contributed by atoms with Gasteiger partial charge in [0.15, 0.2) is 0 Å². The Balaban J connectivity index is 0.000000512. The summed E-state index contributed by atoms with van der Waals surface area (Å²) in [5, 5.41) is 1.19. The van der Waals surface area contributed by atoms with Crippen LogP contribution in [0.2, 0.25) is 0 Å². The quantitative estimate of drug-likeness (QED) is 0.187. The molecule has 5 radical (unpaired) electrons. The van der Waals surface area contributed by atoms with Crippen molar-refractivity contribution in [2.75, 3.05) is 0 Å². The van der Waals surface area contributed by atoms with E-state index in [-0.39, 0.29) is 19.5 Å². The van der Waals surface area contributed by atoms with E-state index in [2.05, 4.69) is 77.7 Å². The molecule has 0 spiro atoms. The van der Waals surface area contributed by atoms with Gasteiger partial charge >= 0.3 is 35.1 Å². The molecule has 0 aromatic rings. The molecule has 2 aliphatic heterocycles. The van der Waals surface area contributed by atoms with Crippen molar-refractivity contribution in [1.29, 1.82) is 0 Å². The van der Waals surface area contributed by atoms with E-state index in [1.165, 1.54) is 46.6 Å². The van der Waals surface area contributed by atoms with E-state index in [4.69, 9.17) is 13.0 Å². The van der Waals surface area contributed by atoms with E-state index in [0.717, 1.165) is 0 Å². The molecular formula is C23H31F3O3RhS3+2. The smallest absolute Gasteiger partial charge is 0.279 e. The van der Waals surface area contributed by atoms with E-state index < -0.39 is 15.6 Å². The van der Waals surface area contributed by atoms with E-state index in [0.29, 0.717) is 10.5 Å². The van der Waals surface area contributed by atoms with Crippen molar-refractivity contribution in [3.63, 3.8) is 0 Å². The second-order valence-electron chi connectivity index (χ2n) is 7.42. The molecular weight excluding hydrogens is 580 g/mol. The molecule has 1 aliphatic carbocycles. The van der Waals surface area contributed by atoms with Crippen LogP contribution in [0.4, 0.5) is 13.2 Å². The molecule has 3 nitrogen and oxygen atoms in total. The van der Waals surface area contributed by atoms with E-state index >= 15 is 0 Å². The molecule has 0 bridgehead atoms. The molecule has 1 fully saturated rings. The van der Waals surface area contributed by atoms with Crippen LogP contribution in [0.1, 0.15) is 53.4 Å². The molecule has 1 saturated carbocycles. The first-order chi connectivity index (χ1) is 14.8. The van der Waals surface area contributed by atoms with Gasteiger partial charge in [-0.1, -0.05) is 12.2 Å². The Morgan fingerprint density at radius 2 is 1.09 bits per heavy atom. The summed E-state index contributed by atoms with van der Waals surface area (Å²) < 4.78 is 57.5. The van der Waals surface area contributed by atoms with Crippen LogP contribution in [0.15, 0.2) is 45.3 Å². The number of hydrogen-bond acceptors (Lipinski definition) is 4. The second kappa shape index (κ2) is 15.9. The average Bonchev–Trinajstić information content (AvgIpc) is 2.59. The molecule has 10 heteroatoms. The third-order valence-electron chi connectivity index (χ3n) is 4.25. The van der Waals surface area contributed by atoms with Crippen molar-refractivity contribution in [1.82, 2.24) is 0 Å². The first-order valence-corrected chi connectivity index (χ1v) is 13.5. The number of rotatable bonds is 1. The summed E-state index contributed by atoms with van der Waals surface area (Å²) in [5.41, 5.74) is -2.74. The Labute approximate surface area is 218 Å². The fourth-order valence-corrected chi connectivity index (χ4v) is 4.97. The molecule has 33 heavy (non-hydrogen) atoms. The Hall–Kier alpha value is -0.0166. The third kappa shape index (κ3) is 14.2. The van der Waals surface area contributed by atoms with Crippen molar-refractivity contribution in [3.8, 4) is 0 Å². The molecule has 0 aromatic heterocycles. The number of thioether (sulfide) groups is 2. The van der Waals surface area contributed by atoms with Crippen molar-refractivity contribution in [3.05, 3.63) is 70.9 Å². The Morgan fingerprint density at radius 1 is 0.818 bits per heavy atom. The number of hydrogen-bond donors (Lipinski definition) is 1. The van der Waals surface area contributed by atoms with Crippen LogP contribution in [0.5, 0.6) is 0 Å².